The minimum atomic E-state index is 1.21. The van der Waals surface area contributed by atoms with E-state index in [9.17, 15) is 0 Å². The van der Waals surface area contributed by atoms with Crippen LogP contribution in [0.1, 0.15) is 40.5 Å². The molecule has 0 saturated carbocycles. The van der Waals surface area contributed by atoms with Gasteiger partial charge in [0.1, 0.15) is 0 Å². The average Bonchev–Trinajstić information content (AvgIpc) is 2.13. The van der Waals surface area contributed by atoms with E-state index in [0.717, 1.165) is 0 Å². The minimum absolute atomic E-state index is 1.21. The van der Waals surface area contributed by atoms with Gasteiger partial charge in [-0.25, -0.2) is 0 Å². The predicted octanol–water partition coefficient (Wildman–Crippen LogP) is 4.39. The van der Waals surface area contributed by atoms with Crippen molar-refractivity contribution in [3.05, 3.63) is 22.6 Å². The molecule has 0 aliphatic heterocycles. The second-order valence-electron chi connectivity index (χ2n) is 3.47. The second-order valence-corrected chi connectivity index (χ2v) is 4.81. The van der Waals surface area contributed by atoms with Gasteiger partial charge in [0.2, 0.25) is 0 Å². The van der Waals surface area contributed by atoms with Crippen LogP contribution in [0.15, 0.2) is 22.6 Å². The molecule has 14 heavy (non-hydrogen) atoms. The predicted molar refractivity (Wildman–Crippen MR) is 68.3 cm³/mol. The van der Waals surface area contributed by atoms with Gasteiger partial charge in [-0.05, 0) is 50.0 Å². The minimum Gasteiger partial charge on any atom is -0.130 e. The molecule has 0 aliphatic rings. The lowest BCUT2D eigenvalue weighted by molar-refractivity contribution is 0.897. The largest absolute Gasteiger partial charge is 0.130 e. The van der Waals surface area contributed by atoms with Gasteiger partial charge in [-0.3, -0.25) is 0 Å². The molecule has 0 spiro atoms. The number of hydrogen-bond acceptors (Lipinski definition) is 1. The summed E-state index contributed by atoms with van der Waals surface area (Å²) in [6.45, 7) is 8.45. The van der Waals surface area contributed by atoms with Gasteiger partial charge in [0.05, 0.1) is 0 Å². The monoisotopic (exact) mass is 208 g/mol. The van der Waals surface area contributed by atoms with Gasteiger partial charge >= 0.3 is 0 Å². The summed E-state index contributed by atoms with van der Waals surface area (Å²) in [7, 11) is 0. The Hall–Kier alpha value is -0.610. The summed E-state index contributed by atoms with van der Waals surface area (Å²) in [5, 5.41) is 0. The smallest absolute Gasteiger partial charge is 0.00229 e. The quantitative estimate of drug-likeness (QED) is 0.487. The third-order valence-electron chi connectivity index (χ3n) is 1.55. The molecule has 0 saturated heterocycles. The van der Waals surface area contributed by atoms with Crippen molar-refractivity contribution < 1.29 is 0 Å². The normalized spacial score (nSPS) is 10.4. The van der Waals surface area contributed by atoms with Crippen LogP contribution in [0.3, 0.4) is 0 Å². The summed E-state index contributed by atoms with van der Waals surface area (Å²) < 4.78 is 0. The first-order valence-electron chi connectivity index (χ1n) is 5.10. The maximum Gasteiger partial charge on any atom is -0.00229 e. The first-order valence-corrected chi connectivity index (χ1v) is 6.09. The molecule has 78 valence electrons. The highest BCUT2D eigenvalue weighted by Crippen LogP contribution is 2.15. The molecular formula is C13H20S. The van der Waals surface area contributed by atoms with Crippen molar-refractivity contribution in [2.24, 2.45) is 0 Å². The zero-order valence-corrected chi connectivity index (χ0v) is 10.5. The van der Waals surface area contributed by atoms with Gasteiger partial charge in [-0.2, -0.15) is 0 Å². The van der Waals surface area contributed by atoms with E-state index in [1.54, 1.807) is 0 Å². The van der Waals surface area contributed by atoms with Gasteiger partial charge < -0.3 is 0 Å². The van der Waals surface area contributed by atoms with Gasteiger partial charge in [-0.1, -0.05) is 30.8 Å². The van der Waals surface area contributed by atoms with Crippen LogP contribution >= 0.6 is 11.8 Å². The number of thioether (sulfide) groups is 1. The lowest BCUT2D eigenvalue weighted by Gasteiger charge is -1.96. The van der Waals surface area contributed by atoms with Crippen LogP contribution in [-0.4, -0.2) is 5.75 Å². The number of rotatable bonds is 4. The van der Waals surface area contributed by atoms with Crippen molar-refractivity contribution >= 4 is 11.8 Å². The van der Waals surface area contributed by atoms with Crippen molar-refractivity contribution in [2.45, 2.75) is 40.5 Å². The van der Waals surface area contributed by atoms with E-state index in [1.807, 2.05) is 23.9 Å². The van der Waals surface area contributed by atoms with Crippen LogP contribution in [0.2, 0.25) is 0 Å². The molecule has 0 nitrogen and oxygen atoms in total. The Labute approximate surface area is 92.9 Å². The number of unbranched alkanes of at least 4 members (excludes halogenated alkanes) is 1. The molecule has 0 rings (SSSR count). The van der Waals surface area contributed by atoms with Crippen molar-refractivity contribution in [3.63, 3.8) is 0 Å². The fourth-order valence-corrected chi connectivity index (χ4v) is 1.65. The molecule has 0 aromatic heterocycles. The van der Waals surface area contributed by atoms with E-state index in [4.69, 9.17) is 0 Å². The topological polar surface area (TPSA) is 0 Å². The molecule has 0 amide bonds. The van der Waals surface area contributed by atoms with Crippen molar-refractivity contribution in [1.82, 2.24) is 0 Å². The maximum absolute atomic E-state index is 3.03. The Morgan fingerprint density at radius 1 is 1.14 bits per heavy atom. The Morgan fingerprint density at radius 2 is 1.79 bits per heavy atom. The van der Waals surface area contributed by atoms with Crippen molar-refractivity contribution in [1.29, 1.82) is 0 Å². The van der Waals surface area contributed by atoms with Crippen LogP contribution in [0.5, 0.6) is 0 Å². The SMILES string of the molecule is CCCCS/C(C)=C\C#CC=C(C)C. The number of hydrogen-bond donors (Lipinski definition) is 0. The van der Waals surface area contributed by atoms with Crippen molar-refractivity contribution in [3.8, 4) is 11.8 Å². The Balaban J connectivity index is 3.85. The lowest BCUT2D eigenvalue weighted by atomic mass is 10.3. The van der Waals surface area contributed by atoms with Crippen LogP contribution < -0.4 is 0 Å². The maximum atomic E-state index is 3.03. The molecule has 0 N–H and O–H groups in total. The molecule has 1 heteroatoms. The number of allylic oxidation sites excluding steroid dienone is 4. The average molecular weight is 208 g/mol. The molecule has 0 unspecified atom stereocenters. The van der Waals surface area contributed by atoms with E-state index in [0.29, 0.717) is 0 Å². The molecular weight excluding hydrogens is 188 g/mol. The molecule has 0 aliphatic carbocycles. The van der Waals surface area contributed by atoms with Crippen LogP contribution in [0.25, 0.3) is 0 Å². The summed E-state index contributed by atoms with van der Waals surface area (Å²) in [5.41, 5.74) is 1.25. The van der Waals surface area contributed by atoms with Crippen LogP contribution in [0, 0.1) is 11.8 Å². The zero-order valence-electron chi connectivity index (χ0n) is 9.68. The molecule has 0 aromatic rings. The summed E-state index contributed by atoms with van der Waals surface area (Å²) in [5.74, 6) is 7.25. The van der Waals surface area contributed by atoms with E-state index in [1.165, 1.54) is 29.1 Å². The standard InChI is InChI=1S/C13H20S/c1-5-6-11-14-13(4)10-8-7-9-12(2)3/h9-10H,5-6,11H2,1-4H3/b13-10-. The second kappa shape index (κ2) is 8.97. The van der Waals surface area contributed by atoms with Gasteiger partial charge in [0.15, 0.2) is 0 Å². The molecule has 0 atom stereocenters. The molecule has 0 aromatic carbocycles. The first-order chi connectivity index (χ1) is 6.66. The first kappa shape index (κ1) is 13.4. The fourth-order valence-electron chi connectivity index (χ4n) is 0.748. The third kappa shape index (κ3) is 9.48. The highest BCUT2D eigenvalue weighted by atomic mass is 32.2. The summed E-state index contributed by atoms with van der Waals surface area (Å²) in [4.78, 5) is 1.31. The Kier molecular flexibility index (Phi) is 8.57. The van der Waals surface area contributed by atoms with Crippen molar-refractivity contribution in [2.75, 3.05) is 5.75 Å². The zero-order chi connectivity index (χ0) is 10.8. The Morgan fingerprint density at radius 3 is 2.36 bits per heavy atom. The molecule has 0 radical (unpaired) electrons. The summed E-state index contributed by atoms with van der Waals surface area (Å²) >= 11 is 1.90. The van der Waals surface area contributed by atoms with Gasteiger partial charge in [0.25, 0.3) is 0 Å². The molecule has 0 bridgehead atoms. The van der Waals surface area contributed by atoms with Gasteiger partial charge in [-0.15, -0.1) is 11.8 Å². The Bertz CT molecular complexity index is 257. The van der Waals surface area contributed by atoms with Crippen LogP contribution in [0.4, 0.5) is 0 Å². The molecule has 0 heterocycles. The lowest BCUT2D eigenvalue weighted by Crippen LogP contribution is -1.76. The van der Waals surface area contributed by atoms with E-state index in [2.05, 4.69) is 39.5 Å². The van der Waals surface area contributed by atoms with Gasteiger partial charge in [0, 0.05) is 0 Å². The highest BCUT2D eigenvalue weighted by Gasteiger charge is 1.88. The van der Waals surface area contributed by atoms with E-state index in [-0.39, 0.29) is 0 Å². The highest BCUT2D eigenvalue weighted by molar-refractivity contribution is 8.03. The third-order valence-corrected chi connectivity index (χ3v) is 2.61. The van der Waals surface area contributed by atoms with Crippen LogP contribution in [-0.2, 0) is 0 Å². The summed E-state index contributed by atoms with van der Waals surface area (Å²) in [6.07, 6.45) is 6.50. The van der Waals surface area contributed by atoms with E-state index < -0.39 is 0 Å². The fraction of sp³-hybridized carbons (Fsp3) is 0.538. The van der Waals surface area contributed by atoms with E-state index >= 15 is 0 Å². The summed E-state index contributed by atoms with van der Waals surface area (Å²) in [6, 6.07) is 0. The molecule has 0 fully saturated rings.